The predicted molar refractivity (Wildman–Crippen MR) is 115 cm³/mol. The number of benzene rings is 3. The average Bonchev–Trinajstić information content (AvgIpc) is 2.80. The molecule has 0 heterocycles. The van der Waals surface area contributed by atoms with Crippen LogP contribution in [0, 0.1) is 5.82 Å². The van der Waals surface area contributed by atoms with Crippen molar-refractivity contribution in [1.29, 1.82) is 0 Å². The molecular formula is C25H22FN2O4-. The summed E-state index contributed by atoms with van der Waals surface area (Å²) in [5, 5.41) is 16.8. The summed E-state index contributed by atoms with van der Waals surface area (Å²) in [5.74, 6) is -3.02. The summed E-state index contributed by atoms with van der Waals surface area (Å²) in [5.41, 5.74) is 1.67. The van der Waals surface area contributed by atoms with Crippen molar-refractivity contribution in [1.82, 2.24) is 10.6 Å². The third kappa shape index (κ3) is 6.50. The lowest BCUT2D eigenvalue weighted by Crippen LogP contribution is -2.55. The van der Waals surface area contributed by atoms with Crippen LogP contribution in [0.25, 0.3) is 0 Å². The summed E-state index contributed by atoms with van der Waals surface area (Å²) in [6.45, 7) is 0. The van der Waals surface area contributed by atoms with Crippen LogP contribution in [-0.4, -0.2) is 29.9 Å². The number of nitrogens with one attached hydrogen (secondary N) is 2. The van der Waals surface area contributed by atoms with E-state index in [4.69, 9.17) is 0 Å². The van der Waals surface area contributed by atoms with E-state index in [0.717, 1.165) is 0 Å². The van der Waals surface area contributed by atoms with E-state index in [0.29, 0.717) is 16.7 Å². The number of carboxylic acids is 1. The molecule has 0 aliphatic heterocycles. The topological polar surface area (TPSA) is 98.3 Å². The Bertz CT molecular complexity index is 1060. The molecule has 3 aromatic rings. The molecule has 0 unspecified atom stereocenters. The van der Waals surface area contributed by atoms with Gasteiger partial charge in [0.2, 0.25) is 5.91 Å². The first-order valence-electron chi connectivity index (χ1n) is 10.1. The molecule has 3 aromatic carbocycles. The molecule has 0 aromatic heterocycles. The first kappa shape index (κ1) is 22.7. The van der Waals surface area contributed by atoms with Crippen molar-refractivity contribution in [2.45, 2.75) is 24.9 Å². The lowest BCUT2D eigenvalue weighted by Gasteiger charge is -2.24. The van der Waals surface area contributed by atoms with Crippen LogP contribution in [0.1, 0.15) is 21.5 Å². The number of carbonyl (C=O) groups is 3. The first-order chi connectivity index (χ1) is 15.4. The number of carboxylic acid groups (broad SMARTS) is 1. The van der Waals surface area contributed by atoms with E-state index in [1.807, 2.05) is 0 Å². The minimum absolute atomic E-state index is 0.0326. The second-order valence-electron chi connectivity index (χ2n) is 7.29. The van der Waals surface area contributed by atoms with E-state index < -0.39 is 35.7 Å². The molecule has 0 fully saturated rings. The molecule has 0 radical (unpaired) electrons. The highest BCUT2D eigenvalue weighted by atomic mass is 19.1. The number of carbonyl (C=O) groups excluding carboxylic acids is 3. The third-order valence-electron chi connectivity index (χ3n) is 4.89. The molecule has 7 heteroatoms. The SMILES string of the molecule is O=C(N[C@@H](Cc1ccc(F)cc1)C(=O)N[C@H](Cc1ccccc1)C(=O)[O-])c1ccccc1. The Morgan fingerprint density at radius 1 is 0.719 bits per heavy atom. The van der Waals surface area contributed by atoms with E-state index in [9.17, 15) is 23.9 Å². The molecular weight excluding hydrogens is 411 g/mol. The number of hydrogen-bond acceptors (Lipinski definition) is 4. The highest BCUT2D eigenvalue weighted by molar-refractivity contribution is 5.98. The molecule has 3 rings (SSSR count). The van der Waals surface area contributed by atoms with Crippen LogP contribution in [0.15, 0.2) is 84.9 Å². The van der Waals surface area contributed by atoms with E-state index in [2.05, 4.69) is 10.6 Å². The molecule has 6 nitrogen and oxygen atoms in total. The van der Waals surface area contributed by atoms with Crippen LogP contribution in [-0.2, 0) is 22.4 Å². The summed E-state index contributed by atoms with van der Waals surface area (Å²) >= 11 is 0. The fourth-order valence-corrected chi connectivity index (χ4v) is 3.21. The van der Waals surface area contributed by atoms with E-state index in [1.54, 1.807) is 60.7 Å². The van der Waals surface area contributed by atoms with Crippen molar-refractivity contribution >= 4 is 17.8 Å². The predicted octanol–water partition coefficient (Wildman–Crippen LogP) is 1.64. The van der Waals surface area contributed by atoms with Crippen molar-refractivity contribution in [2.24, 2.45) is 0 Å². The van der Waals surface area contributed by atoms with Crippen molar-refractivity contribution < 1.29 is 23.9 Å². The van der Waals surface area contributed by atoms with Crippen molar-refractivity contribution in [3.8, 4) is 0 Å². The summed E-state index contributed by atoms with van der Waals surface area (Å²) in [7, 11) is 0. The lowest BCUT2D eigenvalue weighted by atomic mass is 10.0. The molecule has 2 N–H and O–H groups in total. The Morgan fingerprint density at radius 2 is 1.25 bits per heavy atom. The van der Waals surface area contributed by atoms with Gasteiger partial charge in [0.15, 0.2) is 0 Å². The van der Waals surface area contributed by atoms with Gasteiger partial charge in [-0.15, -0.1) is 0 Å². The van der Waals surface area contributed by atoms with Crippen LogP contribution in [0.4, 0.5) is 4.39 Å². The van der Waals surface area contributed by atoms with E-state index >= 15 is 0 Å². The maximum Gasteiger partial charge on any atom is 0.251 e. The van der Waals surface area contributed by atoms with Crippen molar-refractivity contribution in [2.75, 3.05) is 0 Å². The Morgan fingerprint density at radius 3 is 1.84 bits per heavy atom. The zero-order valence-corrected chi connectivity index (χ0v) is 17.2. The Labute approximate surface area is 185 Å². The Balaban J connectivity index is 1.78. The van der Waals surface area contributed by atoms with Gasteiger partial charge in [-0.3, -0.25) is 9.59 Å². The van der Waals surface area contributed by atoms with Gasteiger partial charge in [-0.2, -0.15) is 0 Å². The van der Waals surface area contributed by atoms with Crippen molar-refractivity contribution in [3.63, 3.8) is 0 Å². The van der Waals surface area contributed by atoms with Gasteiger partial charge in [-0.25, -0.2) is 4.39 Å². The average molecular weight is 433 g/mol. The van der Waals surface area contributed by atoms with Gasteiger partial charge in [0.25, 0.3) is 5.91 Å². The molecule has 0 saturated heterocycles. The zero-order chi connectivity index (χ0) is 22.9. The molecule has 0 aliphatic rings. The molecule has 32 heavy (non-hydrogen) atoms. The largest absolute Gasteiger partial charge is 0.548 e. The second-order valence-corrected chi connectivity index (χ2v) is 7.29. The monoisotopic (exact) mass is 433 g/mol. The molecule has 2 atom stereocenters. The van der Waals surface area contributed by atoms with Crippen LogP contribution < -0.4 is 15.7 Å². The highest BCUT2D eigenvalue weighted by Gasteiger charge is 2.25. The van der Waals surface area contributed by atoms with Crippen molar-refractivity contribution in [3.05, 3.63) is 107 Å². The number of hydrogen-bond donors (Lipinski definition) is 2. The second kappa shape index (κ2) is 10.9. The van der Waals surface area contributed by atoms with Gasteiger partial charge in [0.1, 0.15) is 11.9 Å². The van der Waals surface area contributed by atoms with Gasteiger partial charge in [0.05, 0.1) is 12.0 Å². The maximum atomic E-state index is 13.3. The highest BCUT2D eigenvalue weighted by Crippen LogP contribution is 2.09. The van der Waals surface area contributed by atoms with Gasteiger partial charge in [-0.05, 0) is 41.8 Å². The fraction of sp³-hybridized carbons (Fsp3) is 0.160. The zero-order valence-electron chi connectivity index (χ0n) is 17.2. The van der Waals surface area contributed by atoms with Crippen LogP contribution in [0.5, 0.6) is 0 Å². The number of rotatable bonds is 9. The van der Waals surface area contributed by atoms with Gasteiger partial charge < -0.3 is 20.5 Å². The first-order valence-corrected chi connectivity index (χ1v) is 10.1. The number of amides is 2. The molecule has 0 saturated carbocycles. The summed E-state index contributed by atoms with van der Waals surface area (Å²) in [4.78, 5) is 37.3. The molecule has 0 aliphatic carbocycles. The normalized spacial score (nSPS) is 12.4. The molecule has 2 amide bonds. The number of halogens is 1. The molecule has 0 bridgehead atoms. The third-order valence-corrected chi connectivity index (χ3v) is 4.89. The lowest BCUT2D eigenvalue weighted by molar-refractivity contribution is -0.308. The summed E-state index contributed by atoms with van der Waals surface area (Å²) in [6, 6.07) is 20.3. The summed E-state index contributed by atoms with van der Waals surface area (Å²) in [6.07, 6.45) is 0.0839. The smallest absolute Gasteiger partial charge is 0.251 e. The number of aliphatic carboxylic acids is 1. The maximum absolute atomic E-state index is 13.3. The van der Waals surface area contributed by atoms with Crippen LogP contribution in [0.2, 0.25) is 0 Å². The fourth-order valence-electron chi connectivity index (χ4n) is 3.21. The summed E-state index contributed by atoms with van der Waals surface area (Å²) < 4.78 is 13.3. The van der Waals surface area contributed by atoms with Gasteiger partial charge >= 0.3 is 0 Å². The quantitative estimate of drug-likeness (QED) is 0.536. The van der Waals surface area contributed by atoms with E-state index in [-0.39, 0.29) is 12.8 Å². The Hall–Kier alpha value is -4.00. The minimum Gasteiger partial charge on any atom is -0.548 e. The standard InChI is InChI=1S/C25H23FN2O4/c26-20-13-11-18(12-14-20)15-21(27-23(29)19-9-5-2-6-10-19)24(30)28-22(25(31)32)16-17-7-3-1-4-8-17/h1-14,21-22H,15-16H2,(H,27,29)(H,28,30)(H,31,32)/p-1/t21-,22+/m0/s1. The molecule has 0 spiro atoms. The van der Waals surface area contributed by atoms with Gasteiger partial charge in [-0.1, -0.05) is 60.7 Å². The van der Waals surface area contributed by atoms with Gasteiger partial charge in [0, 0.05) is 12.0 Å². The van der Waals surface area contributed by atoms with Crippen LogP contribution >= 0.6 is 0 Å². The minimum atomic E-state index is -1.43. The van der Waals surface area contributed by atoms with Crippen LogP contribution in [0.3, 0.4) is 0 Å². The van der Waals surface area contributed by atoms with E-state index in [1.165, 1.54) is 24.3 Å². The Kier molecular flexibility index (Phi) is 7.70. The molecule has 164 valence electrons.